The first-order valence-electron chi connectivity index (χ1n) is 8.89. The van der Waals surface area contributed by atoms with Crippen molar-refractivity contribution in [1.29, 1.82) is 0 Å². The van der Waals surface area contributed by atoms with E-state index in [9.17, 15) is 4.79 Å². The predicted molar refractivity (Wildman–Crippen MR) is 94.6 cm³/mol. The van der Waals surface area contributed by atoms with E-state index >= 15 is 0 Å². The summed E-state index contributed by atoms with van der Waals surface area (Å²) in [6.45, 7) is 5.34. The molecule has 22 heavy (non-hydrogen) atoms. The molecule has 1 unspecified atom stereocenters. The molecule has 1 amide bonds. The molecule has 0 aromatic heterocycles. The van der Waals surface area contributed by atoms with Gasteiger partial charge in [-0.05, 0) is 71.6 Å². The van der Waals surface area contributed by atoms with Crippen LogP contribution in [0.4, 0.5) is 0 Å². The van der Waals surface area contributed by atoms with Gasteiger partial charge in [0.15, 0.2) is 0 Å². The minimum atomic E-state index is 0. The first-order chi connectivity index (χ1) is 10.2. The third-order valence-corrected chi connectivity index (χ3v) is 5.33. The number of hydrogen-bond donors (Lipinski definition) is 2. The highest BCUT2D eigenvalue weighted by molar-refractivity contribution is 5.85. The number of piperidine rings is 1. The number of hydrogen-bond acceptors (Lipinski definition) is 3. The molecule has 1 aliphatic carbocycles. The summed E-state index contributed by atoms with van der Waals surface area (Å²) < 4.78 is 0. The number of carbonyl (C=O) groups excluding carboxylic acids is 1. The van der Waals surface area contributed by atoms with Crippen molar-refractivity contribution < 1.29 is 4.79 Å². The average Bonchev–Trinajstić information content (AvgIpc) is 2.53. The number of rotatable bonds is 6. The van der Waals surface area contributed by atoms with Crippen LogP contribution in [0.25, 0.3) is 0 Å². The lowest BCUT2D eigenvalue weighted by molar-refractivity contribution is -0.127. The van der Waals surface area contributed by atoms with Crippen molar-refractivity contribution >= 4 is 18.3 Å². The molecule has 0 radical (unpaired) electrons. The molecule has 1 atom stereocenters. The third kappa shape index (κ3) is 6.05. The summed E-state index contributed by atoms with van der Waals surface area (Å²) in [5.74, 6) is 1.08. The zero-order chi connectivity index (χ0) is 15.1. The zero-order valence-corrected chi connectivity index (χ0v) is 15.1. The van der Waals surface area contributed by atoms with Gasteiger partial charge in [-0.15, -0.1) is 12.4 Å². The second kappa shape index (κ2) is 10.5. The fraction of sp³-hybridized carbons (Fsp3) is 0.941. The molecule has 2 rings (SSSR count). The molecule has 2 N–H and O–H groups in total. The van der Waals surface area contributed by atoms with Crippen LogP contribution in [0.5, 0.6) is 0 Å². The number of halogens is 1. The van der Waals surface area contributed by atoms with Gasteiger partial charge in [-0.3, -0.25) is 9.69 Å². The smallest absolute Gasteiger partial charge is 0.237 e. The van der Waals surface area contributed by atoms with Crippen molar-refractivity contribution in [2.75, 3.05) is 26.7 Å². The SMILES string of the molecule is CNCCC1CCN(C(C)C(=O)NC2CCCCC2)CC1.Cl. The van der Waals surface area contributed by atoms with Crippen molar-refractivity contribution in [1.82, 2.24) is 15.5 Å². The Balaban J connectivity index is 0.00000242. The number of amides is 1. The molecular weight excluding hydrogens is 298 g/mol. The van der Waals surface area contributed by atoms with Crippen LogP contribution in [-0.2, 0) is 4.79 Å². The van der Waals surface area contributed by atoms with E-state index in [0.29, 0.717) is 6.04 Å². The van der Waals surface area contributed by atoms with Gasteiger partial charge in [0, 0.05) is 6.04 Å². The average molecular weight is 332 g/mol. The summed E-state index contributed by atoms with van der Waals surface area (Å²) in [6.07, 6.45) is 9.97. The van der Waals surface area contributed by atoms with E-state index in [2.05, 4.69) is 22.5 Å². The molecule has 1 heterocycles. The van der Waals surface area contributed by atoms with Crippen molar-refractivity contribution in [2.45, 2.75) is 70.4 Å². The Morgan fingerprint density at radius 2 is 1.77 bits per heavy atom. The lowest BCUT2D eigenvalue weighted by Crippen LogP contribution is -2.50. The van der Waals surface area contributed by atoms with Crippen LogP contribution in [0.1, 0.15) is 58.3 Å². The van der Waals surface area contributed by atoms with Crippen LogP contribution in [0.2, 0.25) is 0 Å². The van der Waals surface area contributed by atoms with Crippen LogP contribution < -0.4 is 10.6 Å². The minimum absolute atomic E-state index is 0. The van der Waals surface area contributed by atoms with Crippen molar-refractivity contribution in [3.63, 3.8) is 0 Å². The quantitative estimate of drug-likeness (QED) is 0.786. The molecule has 0 spiro atoms. The maximum absolute atomic E-state index is 12.4. The molecule has 130 valence electrons. The first-order valence-corrected chi connectivity index (χ1v) is 8.89. The fourth-order valence-electron chi connectivity index (χ4n) is 3.71. The molecule has 0 bridgehead atoms. The van der Waals surface area contributed by atoms with E-state index < -0.39 is 0 Å². The second-order valence-electron chi connectivity index (χ2n) is 6.89. The molecule has 0 aromatic rings. The van der Waals surface area contributed by atoms with E-state index in [-0.39, 0.29) is 24.4 Å². The van der Waals surface area contributed by atoms with Crippen LogP contribution >= 0.6 is 12.4 Å². The highest BCUT2D eigenvalue weighted by atomic mass is 35.5. The minimum Gasteiger partial charge on any atom is -0.352 e. The van der Waals surface area contributed by atoms with Crippen LogP contribution in [0.15, 0.2) is 0 Å². The second-order valence-corrected chi connectivity index (χ2v) is 6.89. The molecular formula is C17H34ClN3O. The van der Waals surface area contributed by atoms with E-state index in [1.807, 2.05) is 7.05 Å². The van der Waals surface area contributed by atoms with Gasteiger partial charge >= 0.3 is 0 Å². The largest absolute Gasteiger partial charge is 0.352 e. The van der Waals surface area contributed by atoms with Crippen molar-refractivity contribution in [3.8, 4) is 0 Å². The summed E-state index contributed by atoms with van der Waals surface area (Å²) in [7, 11) is 2.02. The Bertz CT molecular complexity index is 313. The first kappa shape index (κ1) is 19.7. The van der Waals surface area contributed by atoms with Crippen molar-refractivity contribution in [3.05, 3.63) is 0 Å². The normalized spacial score (nSPS) is 22.8. The van der Waals surface area contributed by atoms with Gasteiger partial charge < -0.3 is 10.6 Å². The molecule has 2 aliphatic rings. The van der Waals surface area contributed by atoms with E-state index in [0.717, 1.165) is 25.6 Å². The summed E-state index contributed by atoms with van der Waals surface area (Å²) in [5, 5.41) is 6.51. The third-order valence-electron chi connectivity index (χ3n) is 5.33. The summed E-state index contributed by atoms with van der Waals surface area (Å²) in [6, 6.07) is 0.471. The standard InChI is InChI=1S/C17H33N3O.ClH/c1-14(17(21)19-16-6-4-3-5-7-16)20-12-9-15(10-13-20)8-11-18-2;/h14-16,18H,3-13H2,1-2H3,(H,19,21);1H. The lowest BCUT2D eigenvalue weighted by Gasteiger charge is -2.36. The van der Waals surface area contributed by atoms with Gasteiger partial charge in [-0.2, -0.15) is 0 Å². The Morgan fingerprint density at radius 3 is 2.36 bits per heavy atom. The molecule has 1 saturated carbocycles. The Morgan fingerprint density at radius 1 is 1.14 bits per heavy atom. The number of carbonyl (C=O) groups is 1. The summed E-state index contributed by atoms with van der Waals surface area (Å²) in [4.78, 5) is 14.8. The van der Waals surface area contributed by atoms with Gasteiger partial charge in [0.25, 0.3) is 0 Å². The molecule has 0 aromatic carbocycles. The highest BCUT2D eigenvalue weighted by Gasteiger charge is 2.27. The van der Waals surface area contributed by atoms with Gasteiger partial charge in [-0.25, -0.2) is 0 Å². The fourth-order valence-corrected chi connectivity index (χ4v) is 3.71. The topological polar surface area (TPSA) is 44.4 Å². The van der Waals surface area contributed by atoms with Gasteiger partial charge in [-0.1, -0.05) is 19.3 Å². The monoisotopic (exact) mass is 331 g/mol. The molecule has 1 aliphatic heterocycles. The predicted octanol–water partition coefficient (Wildman–Crippen LogP) is 2.57. The Hall–Kier alpha value is -0.320. The van der Waals surface area contributed by atoms with Gasteiger partial charge in [0.05, 0.1) is 6.04 Å². The lowest BCUT2D eigenvalue weighted by atomic mass is 9.92. The molecule has 2 fully saturated rings. The number of nitrogens with one attached hydrogen (secondary N) is 2. The maximum atomic E-state index is 12.4. The molecule has 5 heteroatoms. The molecule has 1 saturated heterocycles. The number of nitrogens with zero attached hydrogens (tertiary/aromatic N) is 1. The Labute approximate surface area is 142 Å². The van der Waals surface area contributed by atoms with Crippen molar-refractivity contribution in [2.24, 2.45) is 5.92 Å². The van der Waals surface area contributed by atoms with Gasteiger partial charge in [0.1, 0.15) is 0 Å². The van der Waals surface area contributed by atoms with Crippen LogP contribution in [0, 0.1) is 5.92 Å². The Kier molecular flexibility index (Phi) is 9.37. The van der Waals surface area contributed by atoms with E-state index in [1.165, 1.54) is 51.4 Å². The molecule has 4 nitrogen and oxygen atoms in total. The number of likely N-dealkylation sites (tertiary alicyclic amines) is 1. The zero-order valence-electron chi connectivity index (χ0n) is 14.3. The van der Waals surface area contributed by atoms with E-state index in [4.69, 9.17) is 0 Å². The van der Waals surface area contributed by atoms with Gasteiger partial charge in [0.2, 0.25) is 5.91 Å². The van der Waals surface area contributed by atoms with Crippen LogP contribution in [0.3, 0.4) is 0 Å². The summed E-state index contributed by atoms with van der Waals surface area (Å²) in [5.41, 5.74) is 0. The van der Waals surface area contributed by atoms with Crippen LogP contribution in [-0.4, -0.2) is 49.6 Å². The van der Waals surface area contributed by atoms with E-state index in [1.54, 1.807) is 0 Å². The maximum Gasteiger partial charge on any atom is 0.237 e. The highest BCUT2D eigenvalue weighted by Crippen LogP contribution is 2.22. The summed E-state index contributed by atoms with van der Waals surface area (Å²) >= 11 is 0.